The SMILES string of the molecule is O=C(NCCNS(=O)(=O)c1cccnc1Cl)C1CC1. The number of amides is 1. The van der Waals surface area contributed by atoms with Crippen LogP contribution >= 0.6 is 11.6 Å². The van der Waals surface area contributed by atoms with Gasteiger partial charge in [-0.3, -0.25) is 4.79 Å². The molecule has 2 N–H and O–H groups in total. The van der Waals surface area contributed by atoms with Crippen molar-refractivity contribution in [2.24, 2.45) is 5.92 Å². The van der Waals surface area contributed by atoms with Crippen molar-refractivity contribution in [3.05, 3.63) is 23.5 Å². The first-order valence-corrected chi connectivity index (χ1v) is 7.75. The molecule has 1 amide bonds. The maximum atomic E-state index is 11.9. The highest BCUT2D eigenvalue weighted by Crippen LogP contribution is 2.28. The third kappa shape index (κ3) is 3.89. The lowest BCUT2D eigenvalue weighted by molar-refractivity contribution is -0.122. The number of nitrogens with one attached hydrogen (secondary N) is 2. The van der Waals surface area contributed by atoms with Gasteiger partial charge in [0.1, 0.15) is 10.0 Å². The van der Waals surface area contributed by atoms with Crippen molar-refractivity contribution in [2.45, 2.75) is 17.7 Å². The molecule has 1 aliphatic rings. The van der Waals surface area contributed by atoms with Gasteiger partial charge in [0.2, 0.25) is 15.9 Å². The topological polar surface area (TPSA) is 88.2 Å². The Balaban J connectivity index is 1.84. The maximum absolute atomic E-state index is 11.9. The summed E-state index contributed by atoms with van der Waals surface area (Å²) in [6.07, 6.45) is 3.25. The average Bonchev–Trinajstić information content (AvgIpc) is 3.19. The van der Waals surface area contributed by atoms with Crippen molar-refractivity contribution >= 4 is 27.5 Å². The van der Waals surface area contributed by atoms with Gasteiger partial charge in [0, 0.05) is 25.2 Å². The number of pyridine rings is 1. The van der Waals surface area contributed by atoms with Crippen LogP contribution < -0.4 is 10.0 Å². The molecule has 1 aliphatic carbocycles. The van der Waals surface area contributed by atoms with Gasteiger partial charge in [0.25, 0.3) is 0 Å². The van der Waals surface area contributed by atoms with Crippen LogP contribution in [0.4, 0.5) is 0 Å². The number of hydrogen-bond donors (Lipinski definition) is 2. The van der Waals surface area contributed by atoms with Gasteiger partial charge < -0.3 is 5.32 Å². The maximum Gasteiger partial charge on any atom is 0.243 e. The molecule has 19 heavy (non-hydrogen) atoms. The lowest BCUT2D eigenvalue weighted by Crippen LogP contribution is -2.35. The van der Waals surface area contributed by atoms with Gasteiger partial charge in [-0.25, -0.2) is 18.1 Å². The summed E-state index contributed by atoms with van der Waals surface area (Å²) < 4.78 is 26.2. The first-order valence-electron chi connectivity index (χ1n) is 5.88. The summed E-state index contributed by atoms with van der Waals surface area (Å²) in [4.78, 5) is 15.0. The van der Waals surface area contributed by atoms with Crippen LogP contribution in [0.5, 0.6) is 0 Å². The molecular weight excluding hydrogens is 290 g/mol. The zero-order valence-corrected chi connectivity index (χ0v) is 11.7. The number of carbonyl (C=O) groups excluding carboxylic acids is 1. The lowest BCUT2D eigenvalue weighted by atomic mass is 10.4. The molecule has 0 saturated heterocycles. The minimum absolute atomic E-state index is 0.0152. The van der Waals surface area contributed by atoms with Gasteiger partial charge in [0.05, 0.1) is 0 Å². The van der Waals surface area contributed by atoms with Crippen molar-refractivity contribution in [1.29, 1.82) is 0 Å². The Morgan fingerprint density at radius 2 is 2.16 bits per heavy atom. The zero-order valence-electron chi connectivity index (χ0n) is 10.1. The van der Waals surface area contributed by atoms with Gasteiger partial charge in [-0.2, -0.15) is 0 Å². The summed E-state index contributed by atoms with van der Waals surface area (Å²) in [6, 6.07) is 2.87. The summed E-state index contributed by atoms with van der Waals surface area (Å²) >= 11 is 5.72. The van der Waals surface area contributed by atoms with Crippen LogP contribution in [0, 0.1) is 5.92 Å². The predicted octanol–water partition coefficient (Wildman–Crippen LogP) is 0.539. The van der Waals surface area contributed by atoms with E-state index in [2.05, 4.69) is 15.0 Å². The predicted molar refractivity (Wildman–Crippen MR) is 70.2 cm³/mol. The molecule has 0 spiro atoms. The smallest absolute Gasteiger partial charge is 0.243 e. The van der Waals surface area contributed by atoms with Crippen molar-refractivity contribution in [2.75, 3.05) is 13.1 Å². The van der Waals surface area contributed by atoms with Crippen molar-refractivity contribution in [3.63, 3.8) is 0 Å². The molecule has 6 nitrogen and oxygen atoms in total. The molecule has 1 aromatic rings. The minimum Gasteiger partial charge on any atom is -0.355 e. The molecule has 0 aliphatic heterocycles. The molecule has 104 valence electrons. The van der Waals surface area contributed by atoms with Gasteiger partial charge in [-0.15, -0.1) is 0 Å². The number of rotatable bonds is 6. The number of hydrogen-bond acceptors (Lipinski definition) is 4. The Kier molecular flexibility index (Phi) is 4.38. The van der Waals surface area contributed by atoms with Crippen LogP contribution in [0.3, 0.4) is 0 Å². The fraction of sp³-hybridized carbons (Fsp3) is 0.455. The van der Waals surface area contributed by atoms with E-state index in [9.17, 15) is 13.2 Å². The number of sulfonamides is 1. The van der Waals surface area contributed by atoms with E-state index < -0.39 is 10.0 Å². The fourth-order valence-electron chi connectivity index (χ4n) is 1.51. The van der Waals surface area contributed by atoms with Crippen molar-refractivity contribution < 1.29 is 13.2 Å². The van der Waals surface area contributed by atoms with Gasteiger partial charge in [-0.1, -0.05) is 11.6 Å². The van der Waals surface area contributed by atoms with Gasteiger partial charge in [0.15, 0.2) is 0 Å². The Bertz CT molecular complexity index is 572. The summed E-state index contributed by atoms with van der Waals surface area (Å²) in [5.74, 6) is 0.1000. The van der Waals surface area contributed by atoms with Crippen LogP contribution in [0.25, 0.3) is 0 Å². The van der Waals surface area contributed by atoms with E-state index in [1.54, 1.807) is 0 Å². The Morgan fingerprint density at radius 1 is 1.42 bits per heavy atom. The van der Waals surface area contributed by atoms with Crippen molar-refractivity contribution in [3.8, 4) is 0 Å². The molecule has 0 aromatic carbocycles. The number of aromatic nitrogens is 1. The third-order valence-corrected chi connectivity index (χ3v) is 4.58. The number of carbonyl (C=O) groups is 1. The molecule has 1 aromatic heterocycles. The van der Waals surface area contributed by atoms with E-state index in [1.165, 1.54) is 18.3 Å². The monoisotopic (exact) mass is 303 g/mol. The molecule has 1 heterocycles. The summed E-state index contributed by atoms with van der Waals surface area (Å²) in [5, 5.41) is 2.60. The molecule has 0 atom stereocenters. The summed E-state index contributed by atoms with van der Waals surface area (Å²) in [7, 11) is -3.69. The molecule has 2 rings (SSSR count). The summed E-state index contributed by atoms with van der Waals surface area (Å²) in [6.45, 7) is 0.373. The van der Waals surface area contributed by atoms with Crippen LogP contribution in [-0.4, -0.2) is 32.4 Å². The lowest BCUT2D eigenvalue weighted by Gasteiger charge is -2.08. The highest BCUT2D eigenvalue weighted by atomic mass is 35.5. The second-order valence-corrected chi connectivity index (χ2v) is 6.35. The molecule has 0 radical (unpaired) electrons. The molecule has 0 bridgehead atoms. The average molecular weight is 304 g/mol. The fourth-order valence-corrected chi connectivity index (χ4v) is 2.99. The third-order valence-electron chi connectivity index (χ3n) is 2.68. The normalized spacial score (nSPS) is 15.2. The van der Waals surface area contributed by atoms with E-state index in [-0.39, 0.29) is 35.0 Å². The van der Waals surface area contributed by atoms with Crippen molar-refractivity contribution in [1.82, 2.24) is 15.0 Å². The van der Waals surface area contributed by atoms with Crippen LogP contribution in [-0.2, 0) is 14.8 Å². The first kappa shape index (κ1) is 14.2. The molecule has 1 fully saturated rings. The van der Waals surface area contributed by atoms with Crippen LogP contribution in [0.1, 0.15) is 12.8 Å². The Morgan fingerprint density at radius 3 is 2.79 bits per heavy atom. The second-order valence-electron chi connectivity index (χ2n) is 4.26. The van der Waals surface area contributed by atoms with E-state index in [0.29, 0.717) is 0 Å². The Hall–Kier alpha value is -1.18. The first-order chi connectivity index (χ1) is 9.00. The van der Waals surface area contributed by atoms with Gasteiger partial charge in [-0.05, 0) is 25.0 Å². The highest BCUT2D eigenvalue weighted by molar-refractivity contribution is 7.89. The molecule has 0 unspecified atom stereocenters. The molecule has 8 heteroatoms. The van der Waals surface area contributed by atoms with Crippen LogP contribution in [0.2, 0.25) is 5.15 Å². The number of halogens is 1. The molecule has 1 saturated carbocycles. The zero-order chi connectivity index (χ0) is 13.9. The summed E-state index contributed by atoms with van der Waals surface area (Å²) in [5.41, 5.74) is 0. The van der Waals surface area contributed by atoms with E-state index in [1.807, 2.05) is 0 Å². The quantitative estimate of drug-likeness (QED) is 0.593. The van der Waals surface area contributed by atoms with E-state index in [4.69, 9.17) is 11.6 Å². The number of nitrogens with zero attached hydrogens (tertiary/aromatic N) is 1. The molecular formula is C11H14ClN3O3S. The van der Waals surface area contributed by atoms with Crippen LogP contribution in [0.15, 0.2) is 23.2 Å². The van der Waals surface area contributed by atoms with E-state index in [0.717, 1.165) is 12.8 Å². The Labute approximate surface area is 116 Å². The minimum atomic E-state index is -3.69. The highest BCUT2D eigenvalue weighted by Gasteiger charge is 2.29. The second kappa shape index (κ2) is 5.85. The largest absolute Gasteiger partial charge is 0.355 e. The standard InChI is InChI=1S/C11H14ClN3O3S/c12-10-9(2-1-5-13-10)19(17,18)15-7-6-14-11(16)8-3-4-8/h1-2,5,8,15H,3-4,6-7H2,(H,14,16). The van der Waals surface area contributed by atoms with E-state index >= 15 is 0 Å². The van der Waals surface area contributed by atoms with Gasteiger partial charge >= 0.3 is 0 Å².